The molecule has 0 fully saturated rings. The minimum atomic E-state index is -0.441. The van der Waals surface area contributed by atoms with Gasteiger partial charge in [0.1, 0.15) is 5.82 Å². The molecule has 0 aliphatic rings. The number of carbonyl (C=O) groups excluding carboxylic acids is 1. The Kier molecular flexibility index (Phi) is 6.40. The van der Waals surface area contributed by atoms with E-state index in [2.05, 4.69) is 32.9 Å². The van der Waals surface area contributed by atoms with E-state index in [1.54, 1.807) is 42.5 Å². The van der Waals surface area contributed by atoms with Crippen LogP contribution < -0.4 is 5.56 Å². The van der Waals surface area contributed by atoms with E-state index in [1.165, 1.54) is 17.2 Å². The van der Waals surface area contributed by atoms with Gasteiger partial charge in [-0.25, -0.2) is 9.78 Å². The molecule has 0 N–H and O–H groups in total. The van der Waals surface area contributed by atoms with Gasteiger partial charge in [0.25, 0.3) is 5.56 Å². The number of rotatable bonds is 4. The number of methoxy groups -OCH3 is 1. The summed E-state index contributed by atoms with van der Waals surface area (Å²) in [6.45, 7) is 6.52. The Bertz CT molecular complexity index is 1440. The number of benzene rings is 3. The molecule has 0 spiro atoms. The van der Waals surface area contributed by atoms with Gasteiger partial charge in [-0.05, 0) is 65.1 Å². The number of aromatic nitrogens is 2. The van der Waals surface area contributed by atoms with Crippen molar-refractivity contribution in [3.05, 3.63) is 105 Å². The molecule has 4 rings (SSSR count). The van der Waals surface area contributed by atoms with Gasteiger partial charge in [-0.15, -0.1) is 0 Å². The molecule has 0 radical (unpaired) electrons. The standard InChI is InChI=1S/C28H25ClN2O3/c1-28(2,3)20-10-5-18(6-11-20)7-16-25-30-24-17-21(29)12-15-23(24)26(32)31(25)22-13-8-19(9-14-22)27(33)34-4/h5-17H,1-4H3. The topological polar surface area (TPSA) is 61.2 Å². The van der Waals surface area contributed by atoms with E-state index in [0.717, 1.165) is 5.56 Å². The van der Waals surface area contributed by atoms with Crippen LogP contribution in [0.3, 0.4) is 0 Å². The van der Waals surface area contributed by atoms with Crippen molar-refractivity contribution in [2.75, 3.05) is 7.11 Å². The maximum atomic E-state index is 13.5. The Labute approximate surface area is 203 Å². The minimum Gasteiger partial charge on any atom is -0.465 e. The normalized spacial score (nSPS) is 11.8. The van der Waals surface area contributed by atoms with E-state index in [4.69, 9.17) is 21.3 Å². The number of ether oxygens (including phenoxy) is 1. The van der Waals surface area contributed by atoms with Crippen molar-refractivity contribution in [1.82, 2.24) is 9.55 Å². The summed E-state index contributed by atoms with van der Waals surface area (Å²) in [6.07, 6.45) is 3.73. The fraction of sp³-hybridized carbons (Fsp3) is 0.179. The van der Waals surface area contributed by atoms with Gasteiger partial charge in [0.15, 0.2) is 0 Å². The van der Waals surface area contributed by atoms with Crippen molar-refractivity contribution in [1.29, 1.82) is 0 Å². The third-order valence-electron chi connectivity index (χ3n) is 5.61. The van der Waals surface area contributed by atoms with Crippen LogP contribution in [0.5, 0.6) is 0 Å². The molecule has 3 aromatic carbocycles. The molecule has 1 aromatic heterocycles. The van der Waals surface area contributed by atoms with E-state index < -0.39 is 5.97 Å². The van der Waals surface area contributed by atoms with Gasteiger partial charge in [0.05, 0.1) is 29.3 Å². The number of halogens is 1. The number of esters is 1. The lowest BCUT2D eigenvalue weighted by molar-refractivity contribution is 0.0600. The molecule has 0 saturated heterocycles. The molecule has 0 aliphatic heterocycles. The molecular weight excluding hydrogens is 448 g/mol. The number of hydrogen-bond donors (Lipinski definition) is 0. The van der Waals surface area contributed by atoms with Crippen LogP contribution in [0.4, 0.5) is 0 Å². The first-order chi connectivity index (χ1) is 16.2. The summed E-state index contributed by atoms with van der Waals surface area (Å²) < 4.78 is 6.30. The number of hydrogen-bond acceptors (Lipinski definition) is 4. The molecule has 0 atom stereocenters. The molecule has 34 heavy (non-hydrogen) atoms. The third kappa shape index (κ3) is 4.80. The summed E-state index contributed by atoms with van der Waals surface area (Å²) in [7, 11) is 1.33. The fourth-order valence-corrected chi connectivity index (χ4v) is 3.83. The van der Waals surface area contributed by atoms with Crippen molar-refractivity contribution in [3.63, 3.8) is 0 Å². The van der Waals surface area contributed by atoms with Gasteiger partial charge < -0.3 is 4.74 Å². The SMILES string of the molecule is COC(=O)c1ccc(-n2c(C=Cc3ccc(C(C)(C)C)cc3)nc3cc(Cl)ccc3c2=O)cc1. The van der Waals surface area contributed by atoms with Crippen LogP contribution >= 0.6 is 11.6 Å². The van der Waals surface area contributed by atoms with E-state index in [1.807, 2.05) is 24.3 Å². The van der Waals surface area contributed by atoms with Crippen LogP contribution in [-0.4, -0.2) is 22.6 Å². The van der Waals surface area contributed by atoms with Crippen LogP contribution in [0.1, 0.15) is 48.1 Å². The Morgan fingerprint density at radius 3 is 2.26 bits per heavy atom. The maximum Gasteiger partial charge on any atom is 0.337 e. The zero-order valence-electron chi connectivity index (χ0n) is 19.5. The summed E-state index contributed by atoms with van der Waals surface area (Å²) in [6, 6.07) is 20.0. The molecule has 0 aliphatic carbocycles. The first-order valence-electron chi connectivity index (χ1n) is 10.9. The molecular formula is C28H25ClN2O3. The molecule has 172 valence electrons. The lowest BCUT2D eigenvalue weighted by atomic mass is 9.87. The zero-order valence-corrected chi connectivity index (χ0v) is 20.3. The quantitative estimate of drug-likeness (QED) is 0.327. The summed E-state index contributed by atoms with van der Waals surface area (Å²) in [5, 5.41) is 0.959. The molecule has 6 heteroatoms. The predicted molar refractivity (Wildman–Crippen MR) is 138 cm³/mol. The van der Waals surface area contributed by atoms with Crippen molar-refractivity contribution >= 4 is 40.6 Å². The molecule has 1 heterocycles. The molecule has 4 aromatic rings. The van der Waals surface area contributed by atoms with Crippen molar-refractivity contribution in [2.24, 2.45) is 0 Å². The summed E-state index contributed by atoms with van der Waals surface area (Å²) in [5.41, 5.74) is 3.57. The minimum absolute atomic E-state index is 0.0677. The summed E-state index contributed by atoms with van der Waals surface area (Å²) in [4.78, 5) is 30.0. The van der Waals surface area contributed by atoms with Crippen LogP contribution in [0.2, 0.25) is 5.02 Å². The van der Waals surface area contributed by atoms with E-state index >= 15 is 0 Å². The Morgan fingerprint density at radius 2 is 1.65 bits per heavy atom. The van der Waals surface area contributed by atoms with E-state index in [9.17, 15) is 9.59 Å². The van der Waals surface area contributed by atoms with Gasteiger partial charge in [0, 0.05) is 5.02 Å². The van der Waals surface area contributed by atoms with Gasteiger partial charge in [-0.2, -0.15) is 0 Å². The van der Waals surface area contributed by atoms with Gasteiger partial charge in [-0.1, -0.05) is 62.7 Å². The molecule has 0 bridgehead atoms. The Balaban J connectivity index is 1.83. The largest absolute Gasteiger partial charge is 0.465 e. The maximum absolute atomic E-state index is 13.5. The fourth-order valence-electron chi connectivity index (χ4n) is 3.67. The summed E-state index contributed by atoms with van der Waals surface area (Å²) >= 11 is 6.15. The molecule has 5 nitrogen and oxygen atoms in total. The highest BCUT2D eigenvalue weighted by atomic mass is 35.5. The highest BCUT2D eigenvalue weighted by Crippen LogP contribution is 2.23. The lowest BCUT2D eigenvalue weighted by Crippen LogP contribution is -2.22. The third-order valence-corrected chi connectivity index (χ3v) is 5.84. The predicted octanol–water partition coefficient (Wildman–Crippen LogP) is 6.29. The van der Waals surface area contributed by atoms with Crippen LogP contribution in [0.15, 0.2) is 71.5 Å². The average molecular weight is 473 g/mol. The second-order valence-corrected chi connectivity index (χ2v) is 9.45. The Hall–Kier alpha value is -3.70. The highest BCUT2D eigenvalue weighted by Gasteiger charge is 2.14. The van der Waals surface area contributed by atoms with E-state index in [-0.39, 0.29) is 11.0 Å². The zero-order chi connectivity index (χ0) is 24.5. The highest BCUT2D eigenvalue weighted by molar-refractivity contribution is 6.31. The average Bonchev–Trinajstić information content (AvgIpc) is 2.82. The van der Waals surface area contributed by atoms with Crippen LogP contribution in [0, 0.1) is 0 Å². The van der Waals surface area contributed by atoms with Gasteiger partial charge in [-0.3, -0.25) is 9.36 Å². The molecule has 0 amide bonds. The summed E-state index contributed by atoms with van der Waals surface area (Å²) in [5.74, 6) is 0.00878. The van der Waals surface area contributed by atoms with Crippen molar-refractivity contribution < 1.29 is 9.53 Å². The number of fused-ring (bicyclic) bond motifs is 1. The lowest BCUT2D eigenvalue weighted by Gasteiger charge is -2.18. The number of nitrogens with zero attached hydrogens (tertiary/aromatic N) is 2. The number of carbonyl (C=O) groups is 1. The Morgan fingerprint density at radius 1 is 0.971 bits per heavy atom. The van der Waals surface area contributed by atoms with Gasteiger partial charge in [0.2, 0.25) is 0 Å². The van der Waals surface area contributed by atoms with Crippen molar-refractivity contribution in [3.8, 4) is 5.69 Å². The van der Waals surface area contributed by atoms with E-state index in [0.29, 0.717) is 33.0 Å². The first kappa shape index (κ1) is 23.5. The second-order valence-electron chi connectivity index (χ2n) is 9.02. The smallest absolute Gasteiger partial charge is 0.337 e. The first-order valence-corrected chi connectivity index (χ1v) is 11.2. The molecule has 0 saturated carbocycles. The van der Waals surface area contributed by atoms with Crippen LogP contribution in [0.25, 0.3) is 28.7 Å². The monoisotopic (exact) mass is 472 g/mol. The second kappa shape index (κ2) is 9.27. The van der Waals surface area contributed by atoms with Gasteiger partial charge >= 0.3 is 5.97 Å². The van der Waals surface area contributed by atoms with Crippen LogP contribution in [-0.2, 0) is 10.2 Å². The molecule has 0 unspecified atom stereocenters. The van der Waals surface area contributed by atoms with Crippen molar-refractivity contribution in [2.45, 2.75) is 26.2 Å².